The molecule has 1 aliphatic rings. The minimum absolute atomic E-state index is 0.0735. The molecule has 0 saturated carbocycles. The molecule has 1 unspecified atom stereocenters. The van der Waals surface area contributed by atoms with Gasteiger partial charge in [0.25, 0.3) is 0 Å². The molecule has 196 valence electrons. The molecule has 3 aromatic carbocycles. The average Bonchev–Trinajstić information content (AvgIpc) is 3.32. The summed E-state index contributed by atoms with van der Waals surface area (Å²) in [6.45, 7) is 20.3. The second-order valence-electron chi connectivity index (χ2n) is 12.7. The van der Waals surface area contributed by atoms with E-state index >= 15 is 0 Å². The van der Waals surface area contributed by atoms with Crippen LogP contribution in [0.25, 0.3) is 21.8 Å². The van der Waals surface area contributed by atoms with Gasteiger partial charge in [-0.2, -0.15) is 0 Å². The molecule has 1 fully saturated rings. The van der Waals surface area contributed by atoms with Crippen molar-refractivity contribution in [1.29, 1.82) is 0 Å². The van der Waals surface area contributed by atoms with Gasteiger partial charge >= 0.3 is 0 Å². The number of hydrogen-bond acceptors (Lipinski definition) is 1. The van der Waals surface area contributed by atoms with E-state index in [0.717, 1.165) is 6.54 Å². The van der Waals surface area contributed by atoms with E-state index < -0.39 is 0 Å². The summed E-state index contributed by atoms with van der Waals surface area (Å²) in [6.07, 6.45) is 3.62. The van der Waals surface area contributed by atoms with Gasteiger partial charge in [-0.05, 0) is 73.6 Å². The zero-order valence-corrected chi connectivity index (χ0v) is 24.3. The lowest BCUT2D eigenvalue weighted by atomic mass is 9.73. The first-order valence-electron chi connectivity index (χ1n) is 14.5. The van der Waals surface area contributed by atoms with E-state index in [0.29, 0.717) is 17.9 Å². The summed E-state index contributed by atoms with van der Waals surface area (Å²) in [6, 6.07) is 25.5. The largest absolute Gasteiger partial charge is 0.361 e. The highest BCUT2D eigenvalue weighted by atomic mass is 15.3. The highest BCUT2D eigenvalue weighted by Crippen LogP contribution is 2.55. The fourth-order valence-corrected chi connectivity index (χ4v) is 7.63. The first kappa shape index (κ1) is 25.9. The molecule has 0 N–H and O–H groups in total. The topological polar surface area (TPSA) is 8.17 Å². The highest BCUT2D eigenvalue weighted by Gasteiger charge is 2.54. The third kappa shape index (κ3) is 4.08. The van der Waals surface area contributed by atoms with Crippen molar-refractivity contribution >= 4 is 27.5 Å². The van der Waals surface area contributed by atoms with Gasteiger partial charge in [0.15, 0.2) is 0 Å². The summed E-state index contributed by atoms with van der Waals surface area (Å²) in [7, 11) is 0. The fraction of sp³-hybridized carbons (Fsp3) is 0.486. The zero-order valence-electron chi connectivity index (χ0n) is 24.3. The summed E-state index contributed by atoms with van der Waals surface area (Å²) >= 11 is 0. The minimum atomic E-state index is 0.0735. The second kappa shape index (κ2) is 9.53. The van der Waals surface area contributed by atoms with E-state index in [4.69, 9.17) is 0 Å². The van der Waals surface area contributed by atoms with Gasteiger partial charge < -0.3 is 9.47 Å². The van der Waals surface area contributed by atoms with Gasteiger partial charge in [-0.1, -0.05) is 96.1 Å². The lowest BCUT2D eigenvalue weighted by Crippen LogP contribution is -2.48. The van der Waals surface area contributed by atoms with Crippen molar-refractivity contribution in [1.82, 2.24) is 4.57 Å². The van der Waals surface area contributed by atoms with E-state index in [1.807, 2.05) is 0 Å². The van der Waals surface area contributed by atoms with Gasteiger partial charge in [0.05, 0.1) is 6.04 Å². The maximum Gasteiger partial charge on any atom is 0.0532 e. The average molecular weight is 495 g/mol. The second-order valence-corrected chi connectivity index (χ2v) is 12.7. The zero-order chi connectivity index (χ0) is 26.5. The molecule has 1 atom stereocenters. The van der Waals surface area contributed by atoms with Crippen molar-refractivity contribution in [3.8, 4) is 0 Å². The predicted octanol–water partition coefficient (Wildman–Crippen LogP) is 9.91. The first-order chi connectivity index (χ1) is 17.6. The number of para-hydroxylation sites is 3. The summed E-state index contributed by atoms with van der Waals surface area (Å²) in [5.74, 6) is 0.966. The Kier molecular flexibility index (Phi) is 6.67. The SMILES string of the molecule is CCC1(CC)CC(C)(C)N(c2c(C(C)C)cccc2C(C)C)C1Cn1c2ccccc2c2ccccc21. The van der Waals surface area contributed by atoms with E-state index in [2.05, 4.69) is 132 Å². The van der Waals surface area contributed by atoms with Crippen LogP contribution in [-0.4, -0.2) is 16.1 Å². The normalized spacial score (nSPS) is 19.1. The Balaban J connectivity index is 1.78. The molecule has 2 heterocycles. The summed E-state index contributed by atoms with van der Waals surface area (Å²) in [5.41, 5.74) is 7.54. The molecule has 0 aliphatic carbocycles. The number of aromatic nitrogens is 1. The van der Waals surface area contributed by atoms with Crippen LogP contribution in [0.1, 0.15) is 97.6 Å². The van der Waals surface area contributed by atoms with E-state index in [1.54, 1.807) is 0 Å². The monoisotopic (exact) mass is 494 g/mol. The third-order valence-electron chi connectivity index (χ3n) is 9.48. The molecule has 2 heteroatoms. The van der Waals surface area contributed by atoms with Gasteiger partial charge in [0, 0.05) is 39.6 Å². The van der Waals surface area contributed by atoms with Gasteiger partial charge in [0.1, 0.15) is 0 Å². The third-order valence-corrected chi connectivity index (χ3v) is 9.48. The predicted molar refractivity (Wildman–Crippen MR) is 162 cm³/mol. The molecule has 5 rings (SSSR count). The Morgan fingerprint density at radius 2 is 1.22 bits per heavy atom. The summed E-state index contributed by atoms with van der Waals surface area (Å²) in [4.78, 5) is 2.90. The molecule has 2 nitrogen and oxygen atoms in total. The fourth-order valence-electron chi connectivity index (χ4n) is 7.63. The molecule has 0 bridgehead atoms. The van der Waals surface area contributed by atoms with Crippen LogP contribution < -0.4 is 4.90 Å². The molecule has 0 amide bonds. The van der Waals surface area contributed by atoms with Gasteiger partial charge in [-0.25, -0.2) is 0 Å². The van der Waals surface area contributed by atoms with Crippen LogP contribution in [0.3, 0.4) is 0 Å². The molecule has 0 spiro atoms. The van der Waals surface area contributed by atoms with Crippen LogP contribution in [0, 0.1) is 5.41 Å². The molecule has 0 radical (unpaired) electrons. The van der Waals surface area contributed by atoms with Gasteiger partial charge in [-0.15, -0.1) is 0 Å². The quantitative estimate of drug-likeness (QED) is 0.248. The molecule has 1 saturated heterocycles. The number of rotatable bonds is 7. The van der Waals surface area contributed by atoms with Crippen LogP contribution in [0.15, 0.2) is 66.7 Å². The van der Waals surface area contributed by atoms with E-state index in [9.17, 15) is 0 Å². The Hall–Kier alpha value is -2.74. The van der Waals surface area contributed by atoms with Gasteiger partial charge in [0.2, 0.25) is 0 Å². The Bertz CT molecular complexity index is 1320. The van der Waals surface area contributed by atoms with Crippen molar-refractivity contribution in [2.24, 2.45) is 5.41 Å². The highest BCUT2D eigenvalue weighted by molar-refractivity contribution is 6.08. The Morgan fingerprint density at radius 1 is 0.730 bits per heavy atom. The maximum atomic E-state index is 2.90. The number of nitrogens with zero attached hydrogens (tertiary/aromatic N) is 2. The lowest BCUT2D eigenvalue weighted by Gasteiger charge is -2.44. The summed E-state index contributed by atoms with van der Waals surface area (Å²) < 4.78 is 2.64. The Labute approximate surface area is 224 Å². The van der Waals surface area contributed by atoms with Crippen molar-refractivity contribution in [3.63, 3.8) is 0 Å². The van der Waals surface area contributed by atoms with Crippen molar-refractivity contribution in [3.05, 3.63) is 77.9 Å². The molecule has 37 heavy (non-hydrogen) atoms. The molecule has 1 aromatic heterocycles. The smallest absolute Gasteiger partial charge is 0.0532 e. The van der Waals surface area contributed by atoms with Crippen molar-refractivity contribution in [2.75, 3.05) is 4.90 Å². The molecular weight excluding hydrogens is 448 g/mol. The Morgan fingerprint density at radius 3 is 1.68 bits per heavy atom. The molecular formula is C35H46N2. The maximum absolute atomic E-state index is 2.90. The van der Waals surface area contributed by atoms with Crippen LogP contribution in [0.5, 0.6) is 0 Å². The van der Waals surface area contributed by atoms with Crippen LogP contribution in [-0.2, 0) is 6.54 Å². The van der Waals surface area contributed by atoms with Crippen LogP contribution in [0.2, 0.25) is 0 Å². The van der Waals surface area contributed by atoms with E-state index in [-0.39, 0.29) is 11.0 Å². The van der Waals surface area contributed by atoms with Crippen molar-refractivity contribution < 1.29 is 0 Å². The van der Waals surface area contributed by atoms with Crippen LogP contribution in [0.4, 0.5) is 5.69 Å². The number of benzene rings is 3. The van der Waals surface area contributed by atoms with Crippen LogP contribution >= 0.6 is 0 Å². The first-order valence-corrected chi connectivity index (χ1v) is 14.5. The number of anilines is 1. The molecule has 4 aromatic rings. The standard InChI is InChI=1S/C35H46N2/c1-9-35(10-2)23-34(7,8)37(33-26(24(3)4)18-15-19-27(33)25(5)6)32(35)22-36-30-20-13-11-16-28(30)29-17-12-14-21-31(29)36/h11-21,24-25,32H,9-10,22-23H2,1-8H3. The molecule has 1 aliphatic heterocycles. The summed E-state index contributed by atoms with van der Waals surface area (Å²) in [5, 5.41) is 2.73. The lowest BCUT2D eigenvalue weighted by molar-refractivity contribution is 0.213. The number of fused-ring (bicyclic) bond motifs is 3. The van der Waals surface area contributed by atoms with Gasteiger partial charge in [-0.3, -0.25) is 0 Å². The number of hydrogen-bond donors (Lipinski definition) is 0. The van der Waals surface area contributed by atoms with Crippen molar-refractivity contribution in [2.45, 2.75) is 105 Å². The van der Waals surface area contributed by atoms with E-state index in [1.165, 1.54) is 57.9 Å². The minimum Gasteiger partial charge on any atom is -0.361 e.